The van der Waals surface area contributed by atoms with Crippen molar-refractivity contribution in [3.8, 4) is 10.4 Å². The predicted molar refractivity (Wildman–Crippen MR) is 94.7 cm³/mol. The number of carboxylic acid groups (broad SMARTS) is 1. The first kappa shape index (κ1) is 16.9. The maximum Gasteiger partial charge on any atom is 0.306 e. The highest BCUT2D eigenvalue weighted by molar-refractivity contribution is 7.15. The molecule has 1 aromatic heterocycles. The molecule has 1 aliphatic rings. The van der Waals surface area contributed by atoms with Crippen molar-refractivity contribution in [2.45, 2.75) is 38.7 Å². The van der Waals surface area contributed by atoms with Crippen molar-refractivity contribution < 1.29 is 15.0 Å². The number of aryl methyl sites for hydroxylation is 1. The van der Waals surface area contributed by atoms with Crippen molar-refractivity contribution >= 4 is 23.0 Å². The number of hydrogen-bond acceptors (Lipinski definition) is 5. The summed E-state index contributed by atoms with van der Waals surface area (Å²) in [6.07, 6.45) is 3.86. The van der Waals surface area contributed by atoms with Crippen LogP contribution in [-0.2, 0) is 4.79 Å². The third-order valence-electron chi connectivity index (χ3n) is 4.73. The lowest BCUT2D eigenvalue weighted by molar-refractivity contribution is -0.143. The largest absolute Gasteiger partial charge is 0.481 e. The fourth-order valence-corrected chi connectivity index (χ4v) is 4.38. The SMILES string of the molecule is Cc1cc(N)cc(-c2cnc(C(O)C3CCC(C(=O)O)CC3)s2)c1. The molecule has 1 heterocycles. The number of aliphatic carboxylic acids is 1. The number of anilines is 1. The Morgan fingerprint density at radius 3 is 2.62 bits per heavy atom. The summed E-state index contributed by atoms with van der Waals surface area (Å²) in [5, 5.41) is 20.4. The van der Waals surface area contributed by atoms with Gasteiger partial charge < -0.3 is 15.9 Å². The van der Waals surface area contributed by atoms with Gasteiger partial charge in [0.05, 0.1) is 10.8 Å². The molecule has 24 heavy (non-hydrogen) atoms. The number of aliphatic hydroxyl groups excluding tert-OH is 1. The molecule has 0 radical (unpaired) electrons. The van der Waals surface area contributed by atoms with E-state index in [2.05, 4.69) is 11.1 Å². The first-order valence-corrected chi connectivity index (χ1v) is 9.00. The Balaban J connectivity index is 1.72. The van der Waals surface area contributed by atoms with E-state index in [0.29, 0.717) is 23.5 Å². The van der Waals surface area contributed by atoms with Crippen LogP contribution in [0.15, 0.2) is 24.4 Å². The minimum atomic E-state index is -0.725. The molecule has 0 aliphatic heterocycles. The molecule has 128 valence electrons. The van der Waals surface area contributed by atoms with Crippen LogP contribution in [0.2, 0.25) is 0 Å². The van der Waals surface area contributed by atoms with Gasteiger partial charge in [-0.1, -0.05) is 6.07 Å². The monoisotopic (exact) mass is 346 g/mol. The van der Waals surface area contributed by atoms with Gasteiger partial charge in [-0.3, -0.25) is 4.79 Å². The molecule has 5 nitrogen and oxygen atoms in total. The van der Waals surface area contributed by atoms with Crippen LogP contribution in [0.4, 0.5) is 5.69 Å². The number of benzene rings is 1. The Morgan fingerprint density at radius 2 is 2.00 bits per heavy atom. The highest BCUT2D eigenvalue weighted by Gasteiger charge is 2.31. The third kappa shape index (κ3) is 3.60. The lowest BCUT2D eigenvalue weighted by atomic mass is 9.79. The molecule has 2 aromatic rings. The maximum atomic E-state index is 11.0. The average Bonchev–Trinajstić information content (AvgIpc) is 3.03. The van der Waals surface area contributed by atoms with Crippen LogP contribution in [0.3, 0.4) is 0 Å². The third-order valence-corrected chi connectivity index (χ3v) is 5.85. The van der Waals surface area contributed by atoms with Crippen molar-refractivity contribution in [1.29, 1.82) is 0 Å². The second-order valence-corrected chi connectivity index (χ2v) is 7.65. The lowest BCUT2D eigenvalue weighted by Gasteiger charge is -2.28. The summed E-state index contributed by atoms with van der Waals surface area (Å²) in [7, 11) is 0. The molecule has 1 saturated carbocycles. The fraction of sp³-hybridized carbons (Fsp3) is 0.444. The number of nitrogen functional groups attached to an aromatic ring is 1. The number of nitrogens with two attached hydrogens (primary N) is 1. The smallest absolute Gasteiger partial charge is 0.306 e. The van der Waals surface area contributed by atoms with Crippen molar-refractivity contribution in [2.75, 3.05) is 5.73 Å². The predicted octanol–water partition coefficient (Wildman–Crippen LogP) is 3.63. The molecule has 1 atom stereocenters. The number of aromatic nitrogens is 1. The van der Waals surface area contributed by atoms with Crippen molar-refractivity contribution in [1.82, 2.24) is 4.98 Å². The van der Waals surface area contributed by atoms with E-state index in [0.717, 1.165) is 28.8 Å². The second kappa shape index (κ2) is 6.91. The van der Waals surface area contributed by atoms with Crippen LogP contribution in [0.5, 0.6) is 0 Å². The van der Waals surface area contributed by atoms with E-state index in [1.807, 2.05) is 19.1 Å². The standard InChI is InChI=1S/C18H22N2O3S/c1-10-6-13(8-14(19)7-10)15-9-20-17(24-15)16(21)11-2-4-12(5-3-11)18(22)23/h6-9,11-12,16,21H,2-5,19H2,1H3,(H,22,23). The molecule has 0 saturated heterocycles. The molecule has 1 fully saturated rings. The lowest BCUT2D eigenvalue weighted by Crippen LogP contribution is -2.24. The van der Waals surface area contributed by atoms with Crippen LogP contribution in [0.25, 0.3) is 10.4 Å². The van der Waals surface area contributed by atoms with Gasteiger partial charge in [0.1, 0.15) is 11.1 Å². The summed E-state index contributed by atoms with van der Waals surface area (Å²) in [6.45, 7) is 2.00. The fourth-order valence-electron chi connectivity index (χ4n) is 3.40. The van der Waals surface area contributed by atoms with Crippen molar-refractivity contribution in [3.05, 3.63) is 35.0 Å². The Hall–Kier alpha value is -1.92. The Morgan fingerprint density at radius 1 is 1.29 bits per heavy atom. The van der Waals surface area contributed by atoms with Gasteiger partial charge in [-0.05, 0) is 61.8 Å². The average molecular weight is 346 g/mol. The van der Waals surface area contributed by atoms with Crippen LogP contribution < -0.4 is 5.73 Å². The van der Waals surface area contributed by atoms with Gasteiger partial charge in [0, 0.05) is 11.9 Å². The summed E-state index contributed by atoms with van der Waals surface area (Å²) < 4.78 is 0. The van der Waals surface area contributed by atoms with E-state index in [4.69, 9.17) is 10.8 Å². The summed E-state index contributed by atoms with van der Waals surface area (Å²) in [6, 6.07) is 5.88. The van der Waals surface area contributed by atoms with Crippen LogP contribution in [0, 0.1) is 18.8 Å². The van der Waals surface area contributed by atoms with Crippen LogP contribution in [0.1, 0.15) is 42.4 Å². The van der Waals surface area contributed by atoms with Gasteiger partial charge in [-0.25, -0.2) is 4.98 Å². The second-order valence-electron chi connectivity index (χ2n) is 6.59. The minimum Gasteiger partial charge on any atom is -0.481 e. The van der Waals surface area contributed by atoms with E-state index in [1.54, 1.807) is 6.20 Å². The van der Waals surface area contributed by atoms with Gasteiger partial charge in [-0.15, -0.1) is 11.3 Å². The quantitative estimate of drug-likeness (QED) is 0.735. The number of rotatable bonds is 4. The molecule has 0 spiro atoms. The molecule has 3 rings (SSSR count). The van der Waals surface area contributed by atoms with Crippen molar-refractivity contribution in [3.63, 3.8) is 0 Å². The summed E-state index contributed by atoms with van der Waals surface area (Å²) in [5.74, 6) is -0.908. The zero-order valence-corrected chi connectivity index (χ0v) is 14.4. The van der Waals surface area contributed by atoms with Gasteiger partial charge in [-0.2, -0.15) is 0 Å². The van der Waals surface area contributed by atoms with E-state index in [1.165, 1.54) is 11.3 Å². The van der Waals surface area contributed by atoms with E-state index >= 15 is 0 Å². The van der Waals surface area contributed by atoms with Crippen LogP contribution >= 0.6 is 11.3 Å². The summed E-state index contributed by atoms with van der Waals surface area (Å²) >= 11 is 1.48. The molecule has 0 amide bonds. The Bertz CT molecular complexity index is 715. The molecule has 6 heteroatoms. The maximum absolute atomic E-state index is 11.0. The van der Waals surface area contributed by atoms with Gasteiger partial charge in [0.2, 0.25) is 0 Å². The molecule has 1 aromatic carbocycles. The molecular formula is C18H22N2O3S. The highest BCUT2D eigenvalue weighted by atomic mass is 32.1. The van der Waals surface area contributed by atoms with Gasteiger partial charge in [0.15, 0.2) is 0 Å². The Labute approximate surface area is 145 Å². The minimum absolute atomic E-state index is 0.0854. The zero-order valence-electron chi connectivity index (χ0n) is 13.6. The number of carboxylic acids is 1. The van der Waals surface area contributed by atoms with E-state index in [9.17, 15) is 9.90 Å². The Kier molecular flexibility index (Phi) is 4.87. The summed E-state index contributed by atoms with van der Waals surface area (Å²) in [5.41, 5.74) is 8.72. The summed E-state index contributed by atoms with van der Waals surface area (Å²) in [4.78, 5) is 16.4. The van der Waals surface area contributed by atoms with E-state index < -0.39 is 12.1 Å². The topological polar surface area (TPSA) is 96.4 Å². The van der Waals surface area contributed by atoms with Gasteiger partial charge >= 0.3 is 5.97 Å². The molecule has 1 aliphatic carbocycles. The normalized spacial score (nSPS) is 22.2. The molecule has 1 unspecified atom stereocenters. The van der Waals surface area contributed by atoms with Crippen LogP contribution in [-0.4, -0.2) is 21.2 Å². The molecule has 4 N–H and O–H groups in total. The van der Waals surface area contributed by atoms with E-state index in [-0.39, 0.29) is 11.8 Å². The van der Waals surface area contributed by atoms with Gasteiger partial charge in [0.25, 0.3) is 0 Å². The number of nitrogens with zero attached hydrogens (tertiary/aromatic N) is 1. The number of aliphatic hydroxyl groups is 1. The first-order chi connectivity index (χ1) is 11.4. The molecule has 0 bridgehead atoms. The highest BCUT2D eigenvalue weighted by Crippen LogP contribution is 2.39. The number of thiazole rings is 1. The zero-order chi connectivity index (χ0) is 17.3. The number of carbonyl (C=O) groups is 1. The van der Waals surface area contributed by atoms with Crippen molar-refractivity contribution in [2.24, 2.45) is 11.8 Å². The number of hydrogen-bond donors (Lipinski definition) is 3. The first-order valence-electron chi connectivity index (χ1n) is 8.18. The molecular weight excluding hydrogens is 324 g/mol.